The Morgan fingerprint density at radius 3 is 2.04 bits per heavy atom. The summed E-state index contributed by atoms with van der Waals surface area (Å²) in [4.78, 5) is 29.6. The number of halogens is 3. The van der Waals surface area contributed by atoms with Gasteiger partial charge in [0.15, 0.2) is 0 Å². The first kappa shape index (κ1) is 34.3. The summed E-state index contributed by atoms with van der Waals surface area (Å²) in [6.07, 6.45) is 0.193. The highest BCUT2D eigenvalue weighted by atomic mass is 35.5. The monoisotopic (exact) mass is 685 g/mol. The summed E-state index contributed by atoms with van der Waals surface area (Å²) in [7, 11) is -4.22. The zero-order valence-electron chi connectivity index (χ0n) is 25.1. The molecule has 0 aromatic heterocycles. The van der Waals surface area contributed by atoms with E-state index >= 15 is 0 Å². The van der Waals surface area contributed by atoms with Crippen LogP contribution in [0.4, 0.5) is 5.69 Å². The predicted molar refractivity (Wildman–Crippen MR) is 181 cm³/mol. The number of sulfonamides is 1. The number of hydrogen-bond donors (Lipinski definition) is 1. The van der Waals surface area contributed by atoms with Crippen molar-refractivity contribution in [2.45, 2.75) is 50.7 Å². The van der Waals surface area contributed by atoms with Gasteiger partial charge in [-0.1, -0.05) is 88.9 Å². The normalized spacial score (nSPS) is 12.1. The van der Waals surface area contributed by atoms with E-state index in [1.54, 1.807) is 42.5 Å². The molecular weight excluding hydrogens is 653 g/mol. The molecule has 7 nitrogen and oxygen atoms in total. The van der Waals surface area contributed by atoms with Gasteiger partial charge in [0.05, 0.1) is 20.6 Å². The zero-order chi connectivity index (χ0) is 32.7. The van der Waals surface area contributed by atoms with Crippen LogP contribution in [0.2, 0.25) is 15.1 Å². The maximum absolute atomic E-state index is 14.5. The fraction of sp³-hybridized carbons (Fsp3) is 0.235. The van der Waals surface area contributed by atoms with Crippen molar-refractivity contribution >= 4 is 62.3 Å². The molecule has 0 radical (unpaired) electrons. The number of amides is 2. The lowest BCUT2D eigenvalue weighted by molar-refractivity contribution is -0.140. The largest absolute Gasteiger partial charge is 0.352 e. The molecule has 4 aromatic rings. The number of anilines is 1. The average Bonchev–Trinajstić information content (AvgIpc) is 3.00. The Balaban J connectivity index is 1.81. The van der Waals surface area contributed by atoms with E-state index in [0.29, 0.717) is 15.6 Å². The minimum Gasteiger partial charge on any atom is -0.352 e. The third-order valence-electron chi connectivity index (χ3n) is 7.04. The smallest absolute Gasteiger partial charge is 0.264 e. The lowest BCUT2D eigenvalue weighted by Gasteiger charge is -2.34. The SMILES string of the molecule is Cc1ccc(S(=O)(=O)N(CC(=O)N(Cc2ccc(Cl)c(Cl)c2)[C@H](Cc2ccccc2)C(=O)NC(C)C)c2ccc(Cl)cc2)cc1. The Bertz CT molecular complexity index is 1730. The molecule has 0 aliphatic rings. The molecule has 0 bridgehead atoms. The van der Waals surface area contributed by atoms with Gasteiger partial charge in [-0.25, -0.2) is 8.42 Å². The molecule has 236 valence electrons. The standard InChI is InChI=1S/C34H34Cl3N3O4S/c1-23(2)38-34(42)32(20-25-7-5-4-6-8-25)39(21-26-11-18-30(36)31(37)19-26)33(41)22-40(28-14-12-27(35)13-15-28)45(43,44)29-16-9-24(3)10-17-29/h4-19,23,32H,20-22H2,1-3H3,(H,38,42)/t32-/m1/s1. The number of rotatable bonds is 12. The average molecular weight is 687 g/mol. The second-order valence-corrected chi connectivity index (χ2v) is 14.1. The van der Waals surface area contributed by atoms with Crippen molar-refractivity contribution in [2.75, 3.05) is 10.8 Å². The molecule has 4 rings (SSSR count). The highest BCUT2D eigenvalue weighted by Gasteiger charge is 2.35. The lowest BCUT2D eigenvalue weighted by Crippen LogP contribution is -2.54. The van der Waals surface area contributed by atoms with Crippen molar-refractivity contribution in [1.29, 1.82) is 0 Å². The minimum absolute atomic E-state index is 0.0188. The second-order valence-electron chi connectivity index (χ2n) is 10.9. The minimum atomic E-state index is -4.22. The van der Waals surface area contributed by atoms with Gasteiger partial charge in [0, 0.05) is 24.0 Å². The fourth-order valence-corrected chi connectivity index (χ4v) is 6.60. The Morgan fingerprint density at radius 1 is 0.800 bits per heavy atom. The van der Waals surface area contributed by atoms with Gasteiger partial charge in [-0.15, -0.1) is 0 Å². The van der Waals surface area contributed by atoms with Crippen molar-refractivity contribution in [3.63, 3.8) is 0 Å². The number of aryl methyl sites for hydroxylation is 1. The number of carbonyl (C=O) groups excluding carboxylic acids is 2. The van der Waals surface area contributed by atoms with Gasteiger partial charge in [0.1, 0.15) is 12.6 Å². The number of nitrogens with one attached hydrogen (secondary N) is 1. The molecule has 0 heterocycles. The lowest BCUT2D eigenvalue weighted by atomic mass is 10.0. The van der Waals surface area contributed by atoms with Crippen LogP contribution in [0.5, 0.6) is 0 Å². The number of hydrogen-bond acceptors (Lipinski definition) is 4. The summed E-state index contributed by atoms with van der Waals surface area (Å²) in [5.74, 6) is -0.965. The number of nitrogens with zero attached hydrogens (tertiary/aromatic N) is 2. The van der Waals surface area contributed by atoms with E-state index in [0.717, 1.165) is 15.4 Å². The molecule has 4 aromatic carbocycles. The Labute approximate surface area is 279 Å². The van der Waals surface area contributed by atoms with Crippen LogP contribution in [0.15, 0.2) is 102 Å². The molecule has 0 aliphatic heterocycles. The maximum atomic E-state index is 14.5. The maximum Gasteiger partial charge on any atom is 0.264 e. The van der Waals surface area contributed by atoms with E-state index < -0.39 is 28.5 Å². The van der Waals surface area contributed by atoms with Crippen LogP contribution in [0.25, 0.3) is 0 Å². The van der Waals surface area contributed by atoms with Crippen LogP contribution in [0, 0.1) is 6.92 Å². The van der Waals surface area contributed by atoms with Crippen LogP contribution in [0.3, 0.4) is 0 Å². The Morgan fingerprint density at radius 2 is 1.44 bits per heavy atom. The molecule has 1 N–H and O–H groups in total. The molecule has 0 unspecified atom stereocenters. The topological polar surface area (TPSA) is 86.8 Å². The molecule has 0 saturated carbocycles. The first-order valence-corrected chi connectivity index (χ1v) is 16.8. The van der Waals surface area contributed by atoms with Crippen molar-refractivity contribution in [1.82, 2.24) is 10.2 Å². The van der Waals surface area contributed by atoms with Gasteiger partial charge in [0.2, 0.25) is 11.8 Å². The summed E-state index contributed by atoms with van der Waals surface area (Å²) in [6, 6.07) is 25.7. The van der Waals surface area contributed by atoms with Gasteiger partial charge in [-0.05, 0) is 80.4 Å². The number of benzene rings is 4. The van der Waals surface area contributed by atoms with Gasteiger partial charge in [-0.2, -0.15) is 0 Å². The summed E-state index contributed by atoms with van der Waals surface area (Å²) < 4.78 is 29.2. The van der Waals surface area contributed by atoms with Crippen LogP contribution < -0.4 is 9.62 Å². The molecule has 0 aliphatic carbocycles. The molecule has 0 spiro atoms. The van der Waals surface area contributed by atoms with E-state index in [9.17, 15) is 18.0 Å². The molecule has 45 heavy (non-hydrogen) atoms. The van der Waals surface area contributed by atoms with E-state index in [-0.39, 0.29) is 40.5 Å². The highest BCUT2D eigenvalue weighted by Crippen LogP contribution is 2.28. The van der Waals surface area contributed by atoms with Gasteiger partial charge in [-0.3, -0.25) is 13.9 Å². The molecule has 2 amide bonds. The van der Waals surface area contributed by atoms with Crippen molar-refractivity contribution < 1.29 is 18.0 Å². The quantitative estimate of drug-likeness (QED) is 0.169. The van der Waals surface area contributed by atoms with Crippen molar-refractivity contribution in [3.05, 3.63) is 129 Å². The second kappa shape index (κ2) is 15.1. The van der Waals surface area contributed by atoms with Crippen LogP contribution in [0.1, 0.15) is 30.5 Å². The van der Waals surface area contributed by atoms with Gasteiger partial charge >= 0.3 is 0 Å². The third kappa shape index (κ3) is 9.01. The predicted octanol–water partition coefficient (Wildman–Crippen LogP) is 7.32. The fourth-order valence-electron chi connectivity index (χ4n) is 4.74. The van der Waals surface area contributed by atoms with Crippen molar-refractivity contribution in [3.8, 4) is 0 Å². The van der Waals surface area contributed by atoms with E-state index in [1.165, 1.54) is 29.2 Å². The van der Waals surface area contributed by atoms with Gasteiger partial charge < -0.3 is 10.2 Å². The van der Waals surface area contributed by atoms with Crippen LogP contribution in [-0.2, 0) is 32.6 Å². The zero-order valence-corrected chi connectivity index (χ0v) is 28.2. The van der Waals surface area contributed by atoms with E-state index in [4.69, 9.17) is 34.8 Å². The first-order chi connectivity index (χ1) is 21.3. The number of carbonyl (C=O) groups is 2. The molecule has 11 heteroatoms. The summed E-state index contributed by atoms with van der Waals surface area (Å²) in [5, 5.41) is 3.97. The summed E-state index contributed by atoms with van der Waals surface area (Å²) in [5.41, 5.74) is 2.58. The van der Waals surface area contributed by atoms with E-state index in [1.807, 2.05) is 51.1 Å². The Kier molecular flexibility index (Phi) is 11.6. The molecular formula is C34H34Cl3N3O4S. The third-order valence-corrected chi connectivity index (χ3v) is 9.82. The molecule has 0 fully saturated rings. The first-order valence-electron chi connectivity index (χ1n) is 14.3. The van der Waals surface area contributed by atoms with Crippen LogP contribution >= 0.6 is 34.8 Å². The van der Waals surface area contributed by atoms with Crippen molar-refractivity contribution in [2.24, 2.45) is 0 Å². The van der Waals surface area contributed by atoms with Gasteiger partial charge in [0.25, 0.3) is 10.0 Å². The molecule has 1 atom stereocenters. The highest BCUT2D eigenvalue weighted by molar-refractivity contribution is 7.92. The van der Waals surface area contributed by atoms with Crippen LogP contribution in [-0.4, -0.2) is 43.8 Å². The summed E-state index contributed by atoms with van der Waals surface area (Å²) >= 11 is 18.6. The van der Waals surface area contributed by atoms with E-state index in [2.05, 4.69) is 5.32 Å². The Hall–Kier alpha value is -3.56. The summed E-state index contributed by atoms with van der Waals surface area (Å²) in [6.45, 7) is 4.90. The molecule has 0 saturated heterocycles.